The normalized spacial score (nSPS) is 25.0. The highest BCUT2D eigenvalue weighted by molar-refractivity contribution is 6.25. The van der Waals surface area contributed by atoms with Gasteiger partial charge in [-0.25, -0.2) is 4.90 Å². The smallest absolute Gasteiger partial charge is 0.271 e. The molecule has 1 saturated heterocycles. The molecular weight excluding hydrogens is 544 g/mol. The van der Waals surface area contributed by atoms with Crippen molar-refractivity contribution in [3.05, 3.63) is 86.5 Å². The molecule has 2 aromatic carbocycles. The van der Waals surface area contributed by atoms with Crippen LogP contribution in [0, 0.1) is 27.9 Å². The summed E-state index contributed by atoms with van der Waals surface area (Å²) in [5.41, 5.74) is 1.94. The van der Waals surface area contributed by atoms with Crippen LogP contribution in [0.2, 0.25) is 0 Å². The first kappa shape index (κ1) is 27.1. The van der Waals surface area contributed by atoms with Gasteiger partial charge in [0.25, 0.3) is 5.69 Å². The molecule has 4 unspecified atom stereocenters. The Bertz CT molecular complexity index is 1690. The van der Waals surface area contributed by atoms with Crippen molar-refractivity contribution in [1.82, 2.24) is 0 Å². The summed E-state index contributed by atoms with van der Waals surface area (Å²) in [4.78, 5) is 66.3. The van der Waals surface area contributed by atoms with Crippen molar-refractivity contribution >= 4 is 34.8 Å². The average molecular weight is 571 g/mol. The van der Waals surface area contributed by atoms with Gasteiger partial charge in [-0.2, -0.15) is 0 Å². The summed E-state index contributed by atoms with van der Waals surface area (Å²) in [6.07, 6.45) is 3.46. The molecule has 1 heterocycles. The highest BCUT2D eigenvalue weighted by Gasteiger charge is 2.56. The number of nitro groups is 1. The molecule has 1 fully saturated rings. The molecule has 4 atom stereocenters. The second-order valence-electron chi connectivity index (χ2n) is 10.8. The zero-order valence-corrected chi connectivity index (χ0v) is 23.0. The number of phenols is 1. The Hall–Kier alpha value is -5.06. The van der Waals surface area contributed by atoms with Crippen LogP contribution in [-0.4, -0.2) is 47.6 Å². The average Bonchev–Trinajstić information content (AvgIpc) is 3.24. The number of Topliss-reactive ketones (excluding diaryl/α,β-unsaturated/α-hetero) is 1. The number of carbonyl (C=O) groups excluding carboxylic acids is 4. The quantitative estimate of drug-likeness (QED) is 0.185. The summed E-state index contributed by atoms with van der Waals surface area (Å²) >= 11 is 0. The minimum absolute atomic E-state index is 0.0860. The first-order valence-corrected chi connectivity index (χ1v) is 13.3. The molecule has 11 nitrogen and oxygen atoms in total. The number of anilines is 1. The predicted molar refractivity (Wildman–Crippen MR) is 148 cm³/mol. The lowest BCUT2D eigenvalue weighted by Crippen LogP contribution is -2.39. The Morgan fingerprint density at radius 2 is 1.69 bits per heavy atom. The Morgan fingerprint density at radius 1 is 1.00 bits per heavy atom. The molecule has 0 spiro atoms. The van der Waals surface area contributed by atoms with E-state index in [2.05, 4.69) is 0 Å². The number of methoxy groups -OCH3 is 2. The molecule has 2 amide bonds. The zero-order valence-electron chi connectivity index (χ0n) is 23.0. The number of non-ortho nitro benzene ring substituents is 1. The second-order valence-corrected chi connectivity index (χ2v) is 10.8. The van der Waals surface area contributed by atoms with E-state index in [1.165, 1.54) is 44.6 Å². The fourth-order valence-electron chi connectivity index (χ4n) is 6.84. The minimum atomic E-state index is -0.844. The summed E-state index contributed by atoms with van der Waals surface area (Å²) in [5.74, 6) is -4.56. The molecule has 0 radical (unpaired) electrons. The number of phenolic OH excluding ortho intramolecular Hbond substituents is 1. The maximum absolute atomic E-state index is 14.0. The summed E-state index contributed by atoms with van der Waals surface area (Å²) in [5, 5.41) is 21.9. The molecule has 0 bridgehead atoms. The molecule has 214 valence electrons. The Balaban J connectivity index is 1.50. The lowest BCUT2D eigenvalue weighted by Gasteiger charge is -2.42. The molecule has 2 aromatic rings. The van der Waals surface area contributed by atoms with Gasteiger partial charge >= 0.3 is 0 Å². The van der Waals surface area contributed by atoms with Crippen LogP contribution in [0.25, 0.3) is 0 Å². The van der Waals surface area contributed by atoms with Gasteiger partial charge in [-0.15, -0.1) is 0 Å². The van der Waals surface area contributed by atoms with E-state index in [1.807, 2.05) is 6.08 Å². The van der Waals surface area contributed by atoms with E-state index in [0.717, 1.165) is 4.90 Å². The minimum Gasteiger partial charge on any atom is -0.502 e. The van der Waals surface area contributed by atoms with Crippen LogP contribution in [0.4, 0.5) is 11.4 Å². The van der Waals surface area contributed by atoms with Crippen LogP contribution in [0.15, 0.2) is 70.8 Å². The molecule has 1 aliphatic heterocycles. The van der Waals surface area contributed by atoms with E-state index < -0.39 is 40.4 Å². The van der Waals surface area contributed by atoms with E-state index in [1.54, 1.807) is 19.1 Å². The van der Waals surface area contributed by atoms with Crippen LogP contribution < -0.4 is 14.4 Å². The first-order chi connectivity index (χ1) is 20.1. The Kier molecular flexibility index (Phi) is 6.32. The van der Waals surface area contributed by atoms with Crippen LogP contribution in [0.5, 0.6) is 17.2 Å². The zero-order chi connectivity index (χ0) is 30.0. The van der Waals surface area contributed by atoms with Gasteiger partial charge in [0.05, 0.1) is 36.7 Å². The van der Waals surface area contributed by atoms with Crippen molar-refractivity contribution in [2.45, 2.75) is 25.7 Å². The summed E-state index contributed by atoms with van der Waals surface area (Å²) < 4.78 is 10.7. The van der Waals surface area contributed by atoms with Gasteiger partial charge in [-0.05, 0) is 55.5 Å². The lowest BCUT2D eigenvalue weighted by molar-refractivity contribution is -0.384. The van der Waals surface area contributed by atoms with Crippen molar-refractivity contribution in [3.63, 3.8) is 0 Å². The fraction of sp³-hybridized carbons (Fsp3) is 0.290. The fourth-order valence-corrected chi connectivity index (χ4v) is 6.84. The van der Waals surface area contributed by atoms with E-state index in [4.69, 9.17) is 9.47 Å². The number of fused-ring (bicyclic) bond motifs is 3. The second kappa shape index (κ2) is 9.79. The number of ketones is 2. The number of aromatic hydroxyl groups is 1. The largest absolute Gasteiger partial charge is 0.502 e. The topological polar surface area (TPSA) is 153 Å². The molecule has 4 aliphatic rings. The van der Waals surface area contributed by atoms with Crippen molar-refractivity contribution in [2.24, 2.45) is 17.8 Å². The van der Waals surface area contributed by atoms with Crippen molar-refractivity contribution < 1.29 is 38.7 Å². The van der Waals surface area contributed by atoms with Crippen molar-refractivity contribution in [2.75, 3.05) is 19.1 Å². The summed E-state index contributed by atoms with van der Waals surface area (Å²) in [7, 11) is 2.76. The molecule has 0 saturated carbocycles. The van der Waals surface area contributed by atoms with Gasteiger partial charge in [0.1, 0.15) is 0 Å². The maximum atomic E-state index is 14.0. The first-order valence-electron chi connectivity index (χ1n) is 13.3. The number of hydrogen-bond acceptors (Lipinski definition) is 9. The van der Waals surface area contributed by atoms with Gasteiger partial charge in [-0.3, -0.25) is 29.3 Å². The van der Waals surface area contributed by atoms with Gasteiger partial charge in [-0.1, -0.05) is 17.7 Å². The number of carbonyl (C=O) groups is 4. The highest BCUT2D eigenvalue weighted by atomic mass is 16.6. The maximum Gasteiger partial charge on any atom is 0.271 e. The van der Waals surface area contributed by atoms with Crippen LogP contribution in [-0.2, 0) is 19.2 Å². The molecule has 6 rings (SSSR count). The SMILES string of the molecule is COc1cc(C2C3=CCC4C(=O)N(c5cccc([N+](=O)[O-])c5)C(=O)C4C3CC3=C2C(=O)C=C(C)C3=O)cc(OC)c1O. The number of rotatable bonds is 5. The molecule has 3 aliphatic carbocycles. The van der Waals surface area contributed by atoms with E-state index in [0.29, 0.717) is 11.1 Å². The van der Waals surface area contributed by atoms with E-state index in [-0.39, 0.29) is 69.8 Å². The standard InChI is InChI=1S/C31H26N2O9/c1-14-9-22(34)27-21(28(14)35)13-20-18(25(27)15-10-23(41-2)29(36)24(11-15)42-3)7-8-19-26(20)31(38)32(30(19)37)16-5-4-6-17(12-16)33(39)40/h4-7,9-12,19-20,25-26,36H,8,13H2,1-3H3. The van der Waals surface area contributed by atoms with Gasteiger partial charge in [0.2, 0.25) is 17.6 Å². The summed E-state index contributed by atoms with van der Waals surface area (Å²) in [6.45, 7) is 1.56. The van der Waals surface area contributed by atoms with Gasteiger partial charge < -0.3 is 14.6 Å². The lowest BCUT2D eigenvalue weighted by atomic mass is 9.59. The number of amides is 2. The number of nitrogens with zero attached hydrogens (tertiary/aromatic N) is 2. The number of benzene rings is 2. The monoisotopic (exact) mass is 570 g/mol. The van der Waals surface area contributed by atoms with Gasteiger partial charge in [0.15, 0.2) is 23.1 Å². The van der Waals surface area contributed by atoms with Crippen LogP contribution in [0.3, 0.4) is 0 Å². The number of imide groups is 1. The number of nitro benzene ring substituents is 1. The third kappa shape index (κ3) is 3.87. The molecule has 11 heteroatoms. The Morgan fingerprint density at radius 3 is 2.33 bits per heavy atom. The highest BCUT2D eigenvalue weighted by Crippen LogP contribution is 2.56. The van der Waals surface area contributed by atoms with Crippen molar-refractivity contribution in [3.8, 4) is 17.2 Å². The molecule has 1 N–H and O–H groups in total. The number of ether oxygens (including phenoxy) is 2. The van der Waals surface area contributed by atoms with Crippen LogP contribution in [0.1, 0.15) is 31.2 Å². The van der Waals surface area contributed by atoms with E-state index >= 15 is 0 Å². The molecular formula is C31H26N2O9. The Labute approximate surface area is 239 Å². The third-order valence-electron chi connectivity index (χ3n) is 8.70. The molecule has 42 heavy (non-hydrogen) atoms. The predicted octanol–water partition coefficient (Wildman–Crippen LogP) is 3.95. The van der Waals surface area contributed by atoms with E-state index in [9.17, 15) is 34.4 Å². The van der Waals surface area contributed by atoms with Crippen molar-refractivity contribution in [1.29, 1.82) is 0 Å². The molecule has 0 aromatic heterocycles. The van der Waals surface area contributed by atoms with Crippen LogP contribution >= 0.6 is 0 Å². The summed E-state index contributed by atoms with van der Waals surface area (Å²) in [6, 6.07) is 8.51. The number of allylic oxidation sites excluding steroid dienone is 6. The van der Waals surface area contributed by atoms with Gasteiger partial charge in [0, 0.05) is 34.8 Å². The third-order valence-corrected chi connectivity index (χ3v) is 8.70. The number of hydrogen-bond donors (Lipinski definition) is 1.